The summed E-state index contributed by atoms with van der Waals surface area (Å²) in [5.41, 5.74) is 2.43. The normalized spacial score (nSPS) is 14.1. The second-order valence-electron chi connectivity index (χ2n) is 11.6. The van der Waals surface area contributed by atoms with E-state index < -0.39 is 34.3 Å². The molecular weight excluding hydrogens is 625 g/mol. The number of nitrogens with zero attached hydrogens (tertiary/aromatic N) is 2. The first-order valence-corrected chi connectivity index (χ1v) is 17.2. The van der Waals surface area contributed by atoms with Gasteiger partial charge in [-0.2, -0.15) is 0 Å². The molecule has 4 aromatic rings. The molecule has 0 unspecified atom stereocenters. The van der Waals surface area contributed by atoms with E-state index in [9.17, 15) is 22.4 Å². The van der Waals surface area contributed by atoms with E-state index in [1.165, 1.54) is 29.2 Å². The van der Waals surface area contributed by atoms with Crippen molar-refractivity contribution < 1.29 is 22.4 Å². The number of halogens is 2. The van der Waals surface area contributed by atoms with Gasteiger partial charge in [-0.05, 0) is 73.4 Å². The number of hydrogen-bond acceptors (Lipinski definition) is 4. The Morgan fingerprint density at radius 3 is 2.17 bits per heavy atom. The van der Waals surface area contributed by atoms with Gasteiger partial charge in [0.25, 0.3) is 10.0 Å². The maximum absolute atomic E-state index is 14.5. The third-order valence-electron chi connectivity index (χ3n) is 8.27. The van der Waals surface area contributed by atoms with Crippen molar-refractivity contribution in [1.82, 2.24) is 10.2 Å². The molecule has 1 saturated carbocycles. The van der Waals surface area contributed by atoms with Crippen molar-refractivity contribution in [3.8, 4) is 0 Å². The summed E-state index contributed by atoms with van der Waals surface area (Å²) >= 11 is 6.56. The van der Waals surface area contributed by atoms with E-state index >= 15 is 0 Å². The van der Waals surface area contributed by atoms with Crippen molar-refractivity contribution in [1.29, 1.82) is 0 Å². The second kappa shape index (κ2) is 14.9. The topological polar surface area (TPSA) is 86.8 Å². The minimum Gasteiger partial charge on any atom is -0.352 e. The van der Waals surface area contributed by atoms with Gasteiger partial charge in [0.2, 0.25) is 11.8 Å². The highest BCUT2D eigenvalue weighted by molar-refractivity contribution is 7.92. The van der Waals surface area contributed by atoms with Gasteiger partial charge in [-0.3, -0.25) is 13.9 Å². The first kappa shape index (κ1) is 33.2. The van der Waals surface area contributed by atoms with Gasteiger partial charge in [0.15, 0.2) is 0 Å². The van der Waals surface area contributed by atoms with Gasteiger partial charge in [0, 0.05) is 24.0 Å². The zero-order chi connectivity index (χ0) is 32.7. The van der Waals surface area contributed by atoms with E-state index in [1.807, 2.05) is 37.3 Å². The van der Waals surface area contributed by atoms with E-state index in [0.717, 1.165) is 53.2 Å². The Morgan fingerprint density at radius 1 is 0.891 bits per heavy atom. The van der Waals surface area contributed by atoms with Crippen LogP contribution in [0.25, 0.3) is 0 Å². The van der Waals surface area contributed by atoms with Crippen LogP contribution in [0, 0.1) is 12.7 Å². The SMILES string of the molecule is Cc1ccc(S(=O)(=O)N(CC(=O)N(Cc2ccccc2Cl)[C@H](Cc2ccccc2)C(=O)NC2CCCC2)c2ccc(F)cc2)cc1. The van der Waals surface area contributed by atoms with E-state index in [2.05, 4.69) is 5.32 Å². The summed E-state index contributed by atoms with van der Waals surface area (Å²) in [5, 5.41) is 3.56. The van der Waals surface area contributed by atoms with Crippen molar-refractivity contribution in [3.63, 3.8) is 0 Å². The molecule has 0 saturated heterocycles. The van der Waals surface area contributed by atoms with Crippen molar-refractivity contribution in [2.75, 3.05) is 10.8 Å². The molecule has 2 amide bonds. The molecule has 0 bridgehead atoms. The zero-order valence-corrected chi connectivity index (χ0v) is 27.2. The van der Waals surface area contributed by atoms with Gasteiger partial charge in [-0.25, -0.2) is 12.8 Å². The Bertz CT molecular complexity index is 1750. The number of benzene rings is 4. The number of hydrogen-bond donors (Lipinski definition) is 1. The molecule has 0 radical (unpaired) electrons. The fourth-order valence-corrected chi connectivity index (χ4v) is 7.31. The van der Waals surface area contributed by atoms with Crippen LogP contribution in [-0.2, 0) is 32.6 Å². The third kappa shape index (κ3) is 8.13. The van der Waals surface area contributed by atoms with E-state index in [-0.39, 0.29) is 35.5 Å². The molecule has 1 aliphatic carbocycles. The van der Waals surface area contributed by atoms with Crippen LogP contribution in [-0.4, -0.2) is 43.8 Å². The Morgan fingerprint density at radius 2 is 1.52 bits per heavy atom. The molecule has 0 aromatic heterocycles. The maximum Gasteiger partial charge on any atom is 0.264 e. The van der Waals surface area contributed by atoms with Gasteiger partial charge in [-0.15, -0.1) is 0 Å². The summed E-state index contributed by atoms with van der Waals surface area (Å²) < 4.78 is 43.1. The van der Waals surface area contributed by atoms with Crippen LogP contribution < -0.4 is 9.62 Å². The minimum absolute atomic E-state index is 0.000618. The Labute approximate surface area is 275 Å². The number of aryl methyl sites for hydroxylation is 1. The van der Waals surface area contributed by atoms with E-state index in [4.69, 9.17) is 11.6 Å². The number of amides is 2. The second-order valence-corrected chi connectivity index (χ2v) is 13.9. The molecule has 0 aliphatic heterocycles. The Balaban J connectivity index is 1.57. The monoisotopic (exact) mass is 661 g/mol. The van der Waals surface area contributed by atoms with Gasteiger partial charge < -0.3 is 10.2 Å². The largest absolute Gasteiger partial charge is 0.352 e. The summed E-state index contributed by atoms with van der Waals surface area (Å²) in [6.45, 7) is 1.18. The first-order valence-electron chi connectivity index (χ1n) is 15.3. The van der Waals surface area contributed by atoms with Crippen molar-refractivity contribution in [2.45, 2.75) is 62.6 Å². The molecule has 46 heavy (non-hydrogen) atoms. The van der Waals surface area contributed by atoms with Crippen LogP contribution in [0.4, 0.5) is 10.1 Å². The fourth-order valence-electron chi connectivity index (χ4n) is 5.71. The van der Waals surface area contributed by atoms with Crippen LogP contribution in [0.3, 0.4) is 0 Å². The summed E-state index contributed by atoms with van der Waals surface area (Å²) in [5.74, 6) is -1.47. The zero-order valence-electron chi connectivity index (χ0n) is 25.6. The maximum atomic E-state index is 14.5. The van der Waals surface area contributed by atoms with Crippen LogP contribution in [0.1, 0.15) is 42.4 Å². The molecule has 10 heteroatoms. The molecule has 1 fully saturated rings. The fraction of sp³-hybridized carbons (Fsp3) is 0.278. The molecular formula is C36H37ClFN3O4S. The predicted molar refractivity (Wildman–Crippen MR) is 178 cm³/mol. The molecule has 240 valence electrons. The predicted octanol–water partition coefficient (Wildman–Crippen LogP) is 6.68. The molecule has 0 heterocycles. The summed E-state index contributed by atoms with van der Waals surface area (Å²) in [6, 6.07) is 26.7. The quantitative estimate of drug-likeness (QED) is 0.184. The first-order chi connectivity index (χ1) is 22.1. The summed E-state index contributed by atoms with van der Waals surface area (Å²) in [4.78, 5) is 30.0. The number of sulfonamides is 1. The van der Waals surface area contributed by atoms with Gasteiger partial charge in [0.1, 0.15) is 18.4 Å². The highest BCUT2D eigenvalue weighted by Crippen LogP contribution is 2.27. The number of carbonyl (C=O) groups is 2. The summed E-state index contributed by atoms with van der Waals surface area (Å²) in [6.07, 6.45) is 3.95. The van der Waals surface area contributed by atoms with Crippen LogP contribution in [0.15, 0.2) is 108 Å². The molecule has 1 aliphatic rings. The number of anilines is 1. The van der Waals surface area contributed by atoms with Crippen LogP contribution in [0.5, 0.6) is 0 Å². The number of nitrogens with one attached hydrogen (secondary N) is 1. The average Bonchev–Trinajstić information content (AvgIpc) is 3.56. The molecule has 5 rings (SSSR count). The van der Waals surface area contributed by atoms with Crippen LogP contribution >= 0.6 is 11.6 Å². The van der Waals surface area contributed by atoms with Gasteiger partial charge in [-0.1, -0.05) is 90.7 Å². The van der Waals surface area contributed by atoms with Crippen molar-refractivity contribution >= 4 is 39.1 Å². The molecule has 1 N–H and O–H groups in total. The molecule has 7 nitrogen and oxygen atoms in total. The lowest BCUT2D eigenvalue weighted by atomic mass is 10.0. The minimum atomic E-state index is -4.28. The van der Waals surface area contributed by atoms with Crippen LogP contribution in [0.2, 0.25) is 5.02 Å². The Kier molecular flexibility index (Phi) is 10.8. The van der Waals surface area contributed by atoms with Gasteiger partial charge in [0.05, 0.1) is 10.6 Å². The summed E-state index contributed by atoms with van der Waals surface area (Å²) in [7, 11) is -4.28. The number of carbonyl (C=O) groups excluding carboxylic acids is 2. The smallest absolute Gasteiger partial charge is 0.264 e. The average molecular weight is 662 g/mol. The Hall–Kier alpha value is -4.21. The highest BCUT2D eigenvalue weighted by Gasteiger charge is 2.35. The van der Waals surface area contributed by atoms with Gasteiger partial charge >= 0.3 is 0 Å². The van der Waals surface area contributed by atoms with Crippen molar-refractivity contribution in [2.24, 2.45) is 0 Å². The molecule has 1 atom stereocenters. The number of rotatable bonds is 12. The lowest BCUT2D eigenvalue weighted by molar-refractivity contribution is -0.140. The highest BCUT2D eigenvalue weighted by atomic mass is 35.5. The van der Waals surface area contributed by atoms with E-state index in [0.29, 0.717) is 10.6 Å². The third-order valence-corrected chi connectivity index (χ3v) is 10.4. The van der Waals surface area contributed by atoms with Crippen molar-refractivity contribution in [3.05, 3.63) is 131 Å². The lowest BCUT2D eigenvalue weighted by Crippen LogP contribution is -2.54. The lowest BCUT2D eigenvalue weighted by Gasteiger charge is -2.34. The molecule has 4 aromatic carbocycles. The van der Waals surface area contributed by atoms with E-state index in [1.54, 1.807) is 36.4 Å². The molecule has 0 spiro atoms. The standard InChI is InChI=1S/C36H37ClFN3O4S/c1-26-15-21-32(22-16-26)46(44,45)41(31-19-17-29(38)18-20-31)25-35(42)40(24-28-11-5-8-14-33(28)37)34(23-27-9-3-2-4-10-27)36(43)39-30-12-6-7-13-30/h2-5,8-11,14-22,30,34H,6-7,12-13,23-25H2,1H3,(H,39,43)/t34-/m1/s1.